The molecule has 0 aliphatic carbocycles. The quantitative estimate of drug-likeness (QED) is 0.304. The Balaban J connectivity index is 1.24. The summed E-state index contributed by atoms with van der Waals surface area (Å²) in [6, 6.07) is 14.9. The van der Waals surface area contributed by atoms with Gasteiger partial charge in [-0.3, -0.25) is 14.7 Å². The maximum absolute atomic E-state index is 13.7. The fourth-order valence-electron chi connectivity index (χ4n) is 4.48. The number of nitrogens with one attached hydrogen (secondary N) is 3. The van der Waals surface area contributed by atoms with E-state index in [9.17, 15) is 14.0 Å². The lowest BCUT2D eigenvalue weighted by molar-refractivity contribution is 0.0915. The van der Waals surface area contributed by atoms with E-state index in [4.69, 9.17) is 4.74 Å². The van der Waals surface area contributed by atoms with E-state index < -0.39 is 5.54 Å². The number of nitrogens with zero attached hydrogens (tertiary/aromatic N) is 2. The highest BCUT2D eigenvalue weighted by atomic mass is 32.1. The van der Waals surface area contributed by atoms with Gasteiger partial charge in [-0.25, -0.2) is 4.39 Å². The molecule has 3 N–H and O–H groups in total. The first kappa shape index (κ1) is 25.9. The molecule has 2 amide bonds. The Labute approximate surface area is 224 Å². The Bertz CT molecular complexity index is 1450. The molecule has 1 aliphatic rings. The fraction of sp³-hybridized carbons (Fsp3) is 0.321. The summed E-state index contributed by atoms with van der Waals surface area (Å²) in [5, 5.41) is 13.5. The van der Waals surface area contributed by atoms with Crippen LogP contribution in [0.25, 0.3) is 10.2 Å². The first-order valence-corrected chi connectivity index (χ1v) is 13.3. The largest absolute Gasteiger partial charge is 0.490 e. The molecule has 2 aromatic carbocycles. The third-order valence-electron chi connectivity index (χ3n) is 6.77. The molecule has 5 rings (SSSR count). The summed E-state index contributed by atoms with van der Waals surface area (Å²) in [6.07, 6.45) is 2.15. The van der Waals surface area contributed by atoms with Gasteiger partial charge in [-0.05, 0) is 81.8 Å². The van der Waals surface area contributed by atoms with Gasteiger partial charge in [0.1, 0.15) is 22.5 Å². The smallest absolute Gasteiger partial charge is 0.262 e. The van der Waals surface area contributed by atoms with Gasteiger partial charge in [-0.2, -0.15) is 5.10 Å². The average molecular weight is 536 g/mol. The molecule has 0 unspecified atom stereocenters. The van der Waals surface area contributed by atoms with Gasteiger partial charge in [0.2, 0.25) is 0 Å². The van der Waals surface area contributed by atoms with E-state index in [1.54, 1.807) is 42.5 Å². The van der Waals surface area contributed by atoms with Crippen molar-refractivity contribution < 1.29 is 18.7 Å². The van der Waals surface area contributed by atoms with E-state index in [0.717, 1.165) is 31.7 Å². The number of carbonyl (C=O) groups excluding carboxylic acids is 2. The second-order valence-electron chi connectivity index (χ2n) is 10.1. The number of carbonyl (C=O) groups is 2. The molecule has 3 heterocycles. The van der Waals surface area contributed by atoms with Gasteiger partial charge in [0.15, 0.2) is 5.82 Å². The van der Waals surface area contributed by atoms with Gasteiger partial charge in [0, 0.05) is 18.7 Å². The standard InChI is InChI=1S/C28H30FN5O3S/c1-28(2,18-5-4-6-19(29)15-18)31-26(36)23-16-22-24(32-33-27(22)38-23)30-25(35)17-7-9-20(10-8-17)37-21-11-13-34(3)14-12-21/h4-10,15-16,21H,11-14H2,1-3H3,(H,31,36)(H2,30,32,33,35). The van der Waals surface area contributed by atoms with Crippen LogP contribution in [0.5, 0.6) is 5.75 Å². The van der Waals surface area contributed by atoms with Gasteiger partial charge < -0.3 is 20.3 Å². The van der Waals surface area contributed by atoms with Crippen LogP contribution in [0.1, 0.15) is 52.3 Å². The lowest BCUT2D eigenvalue weighted by atomic mass is 9.94. The average Bonchev–Trinajstić information content (AvgIpc) is 3.48. The molecule has 0 spiro atoms. The lowest BCUT2D eigenvalue weighted by Gasteiger charge is -2.29. The summed E-state index contributed by atoms with van der Waals surface area (Å²) in [4.78, 5) is 29.3. The normalized spacial score (nSPS) is 14.9. The minimum Gasteiger partial charge on any atom is -0.490 e. The Morgan fingerprint density at radius 3 is 2.55 bits per heavy atom. The number of hydrogen-bond acceptors (Lipinski definition) is 6. The number of piperidine rings is 1. The Kier molecular flexibility index (Phi) is 7.18. The van der Waals surface area contributed by atoms with Crippen molar-refractivity contribution in [1.82, 2.24) is 20.4 Å². The van der Waals surface area contributed by atoms with E-state index in [1.165, 1.54) is 23.5 Å². The molecule has 38 heavy (non-hydrogen) atoms. The van der Waals surface area contributed by atoms with Crippen LogP contribution in [0.4, 0.5) is 10.2 Å². The molecule has 0 atom stereocenters. The van der Waals surface area contributed by atoms with Gasteiger partial charge >= 0.3 is 0 Å². The molecule has 1 saturated heterocycles. The van der Waals surface area contributed by atoms with Crippen molar-refractivity contribution in [2.45, 2.75) is 38.3 Å². The van der Waals surface area contributed by atoms with Crippen molar-refractivity contribution in [2.24, 2.45) is 0 Å². The number of aromatic nitrogens is 2. The predicted octanol–water partition coefficient (Wildman–Crippen LogP) is 5.15. The van der Waals surface area contributed by atoms with E-state index in [0.29, 0.717) is 32.0 Å². The summed E-state index contributed by atoms with van der Waals surface area (Å²) in [5.41, 5.74) is 0.349. The van der Waals surface area contributed by atoms with E-state index in [-0.39, 0.29) is 23.7 Å². The zero-order valence-corrected chi connectivity index (χ0v) is 22.3. The van der Waals surface area contributed by atoms with Gasteiger partial charge in [0.05, 0.1) is 15.8 Å². The zero-order chi connectivity index (χ0) is 26.9. The number of benzene rings is 2. The summed E-state index contributed by atoms with van der Waals surface area (Å²) >= 11 is 1.23. The number of likely N-dealkylation sites (tertiary alicyclic amines) is 1. The monoisotopic (exact) mass is 535 g/mol. The van der Waals surface area contributed by atoms with Crippen molar-refractivity contribution in [3.63, 3.8) is 0 Å². The number of rotatable bonds is 7. The highest BCUT2D eigenvalue weighted by Gasteiger charge is 2.26. The van der Waals surface area contributed by atoms with Crippen LogP contribution < -0.4 is 15.4 Å². The Morgan fingerprint density at radius 1 is 1.11 bits per heavy atom. The number of H-pyrrole nitrogens is 1. The predicted molar refractivity (Wildman–Crippen MR) is 146 cm³/mol. The number of anilines is 1. The number of ether oxygens (including phenoxy) is 1. The topological polar surface area (TPSA) is 99.3 Å². The van der Waals surface area contributed by atoms with Crippen LogP contribution >= 0.6 is 11.3 Å². The minimum absolute atomic E-state index is 0.188. The maximum atomic E-state index is 13.7. The van der Waals surface area contributed by atoms with Crippen molar-refractivity contribution in [3.8, 4) is 5.75 Å². The molecule has 0 radical (unpaired) electrons. The first-order chi connectivity index (χ1) is 18.2. The van der Waals surface area contributed by atoms with Crippen molar-refractivity contribution >= 4 is 39.2 Å². The summed E-state index contributed by atoms with van der Waals surface area (Å²) in [5.74, 6) is 0.115. The van der Waals surface area contributed by atoms with Crippen LogP contribution in [0, 0.1) is 5.82 Å². The molecule has 2 aromatic heterocycles. The first-order valence-electron chi connectivity index (χ1n) is 12.5. The van der Waals surface area contributed by atoms with Crippen LogP contribution in [-0.2, 0) is 5.54 Å². The molecular weight excluding hydrogens is 505 g/mol. The highest BCUT2D eigenvalue weighted by molar-refractivity contribution is 7.20. The highest BCUT2D eigenvalue weighted by Crippen LogP contribution is 2.31. The van der Waals surface area contributed by atoms with Crippen LogP contribution in [0.2, 0.25) is 0 Å². The number of amides is 2. The summed E-state index contributed by atoms with van der Waals surface area (Å²) < 4.78 is 19.8. The molecule has 4 aromatic rings. The molecule has 1 fully saturated rings. The zero-order valence-electron chi connectivity index (χ0n) is 21.5. The number of thiophene rings is 1. The maximum Gasteiger partial charge on any atom is 0.262 e. The van der Waals surface area contributed by atoms with Crippen molar-refractivity contribution in [2.75, 3.05) is 25.5 Å². The van der Waals surface area contributed by atoms with Gasteiger partial charge in [-0.1, -0.05) is 12.1 Å². The van der Waals surface area contributed by atoms with Gasteiger partial charge in [0.25, 0.3) is 11.8 Å². The van der Waals surface area contributed by atoms with Gasteiger partial charge in [-0.15, -0.1) is 11.3 Å². The number of fused-ring (bicyclic) bond motifs is 1. The summed E-state index contributed by atoms with van der Waals surface area (Å²) in [7, 11) is 2.11. The number of aromatic amines is 1. The van der Waals surface area contributed by atoms with E-state index in [2.05, 4.69) is 32.8 Å². The van der Waals surface area contributed by atoms with Crippen molar-refractivity contribution in [1.29, 1.82) is 0 Å². The SMILES string of the molecule is CN1CCC(Oc2ccc(C(=O)Nc3n[nH]c4sc(C(=O)NC(C)(C)c5cccc(F)c5)cc34)cc2)CC1. The third kappa shape index (κ3) is 5.71. The van der Waals surface area contributed by atoms with Crippen LogP contribution in [-0.4, -0.2) is 53.2 Å². The molecule has 1 aliphatic heterocycles. The minimum atomic E-state index is -0.782. The lowest BCUT2D eigenvalue weighted by Crippen LogP contribution is -2.40. The second kappa shape index (κ2) is 10.5. The number of hydrogen-bond donors (Lipinski definition) is 3. The van der Waals surface area contributed by atoms with E-state index in [1.807, 2.05) is 13.8 Å². The summed E-state index contributed by atoms with van der Waals surface area (Å²) in [6.45, 7) is 5.66. The van der Waals surface area contributed by atoms with E-state index >= 15 is 0 Å². The molecular formula is C28H30FN5O3S. The second-order valence-corrected chi connectivity index (χ2v) is 11.2. The Hall–Kier alpha value is -3.76. The van der Waals surface area contributed by atoms with Crippen LogP contribution in [0.15, 0.2) is 54.6 Å². The third-order valence-corrected chi connectivity index (χ3v) is 7.81. The fourth-order valence-corrected chi connectivity index (χ4v) is 5.38. The number of halogens is 1. The van der Waals surface area contributed by atoms with Crippen LogP contribution in [0.3, 0.4) is 0 Å². The molecule has 10 heteroatoms. The van der Waals surface area contributed by atoms with Crippen molar-refractivity contribution in [3.05, 3.63) is 76.4 Å². The molecule has 0 saturated carbocycles. The molecule has 0 bridgehead atoms. The molecule has 8 nitrogen and oxygen atoms in total. The molecule has 198 valence electrons. The Morgan fingerprint density at radius 2 is 1.84 bits per heavy atom.